The van der Waals surface area contributed by atoms with E-state index in [4.69, 9.17) is 19.8 Å². The molecule has 0 aliphatic heterocycles. The fourth-order valence-corrected chi connectivity index (χ4v) is 2.22. The van der Waals surface area contributed by atoms with Gasteiger partial charge in [-0.25, -0.2) is 9.13 Å². The molecule has 0 aromatic heterocycles. The van der Waals surface area contributed by atoms with Crippen molar-refractivity contribution in [2.75, 3.05) is 13.2 Å². The first kappa shape index (κ1) is 16.2. The van der Waals surface area contributed by atoms with Crippen LogP contribution in [0.5, 0.6) is 0 Å². The van der Waals surface area contributed by atoms with Crippen molar-refractivity contribution in [2.24, 2.45) is 5.92 Å². The van der Waals surface area contributed by atoms with E-state index in [0.717, 1.165) is 0 Å². The van der Waals surface area contributed by atoms with E-state index in [1.54, 1.807) is 0 Å². The van der Waals surface area contributed by atoms with Gasteiger partial charge >= 0.3 is 15.6 Å². The van der Waals surface area contributed by atoms with Crippen molar-refractivity contribution in [1.82, 2.24) is 0 Å². The summed E-state index contributed by atoms with van der Waals surface area (Å²) in [7, 11) is -10.1. The topological polar surface area (TPSA) is 154 Å². The maximum atomic E-state index is 10.9. The van der Waals surface area contributed by atoms with E-state index in [-0.39, 0.29) is 6.61 Å². The molecule has 16 heavy (non-hydrogen) atoms. The van der Waals surface area contributed by atoms with E-state index in [1.165, 1.54) is 6.92 Å². The van der Waals surface area contributed by atoms with Gasteiger partial charge in [0.1, 0.15) is 0 Å². The third-order valence-electron chi connectivity index (χ3n) is 1.56. The van der Waals surface area contributed by atoms with Crippen molar-refractivity contribution >= 4 is 15.6 Å². The zero-order valence-electron chi connectivity index (χ0n) is 8.33. The largest absolute Gasteiger partial charge is 0.481 e. The third-order valence-corrected chi connectivity index (χ3v) is 3.71. The van der Waals surface area contributed by atoms with Crippen LogP contribution in [0.3, 0.4) is 0 Å². The van der Waals surface area contributed by atoms with Crippen molar-refractivity contribution < 1.29 is 42.9 Å². The van der Waals surface area contributed by atoms with Gasteiger partial charge in [0, 0.05) is 12.5 Å². The predicted molar refractivity (Wildman–Crippen MR) is 51.2 cm³/mol. The van der Waals surface area contributed by atoms with E-state index in [2.05, 4.69) is 8.83 Å². The van der Waals surface area contributed by atoms with Gasteiger partial charge in [-0.2, -0.15) is 4.31 Å². The highest BCUT2D eigenvalue weighted by Gasteiger charge is 2.33. The summed E-state index contributed by atoms with van der Waals surface area (Å²) in [6, 6.07) is 0. The van der Waals surface area contributed by atoms with Crippen molar-refractivity contribution in [3.8, 4) is 0 Å². The smallest absolute Gasteiger partial charge is 0.396 e. The summed E-state index contributed by atoms with van der Waals surface area (Å²) >= 11 is 0. The molecular weight excluding hydrogens is 266 g/mol. The Bertz CT molecular complexity index is 298. The van der Waals surface area contributed by atoms with Crippen molar-refractivity contribution in [3.05, 3.63) is 0 Å². The lowest BCUT2D eigenvalue weighted by Crippen LogP contribution is -2.25. The van der Waals surface area contributed by atoms with Gasteiger partial charge in [-0.05, 0) is 0 Å². The summed E-state index contributed by atoms with van der Waals surface area (Å²) in [4.78, 5) is 25.3. The van der Waals surface area contributed by atoms with Crippen LogP contribution in [0.4, 0.5) is 0 Å². The summed E-state index contributed by atoms with van der Waals surface area (Å²) < 4.78 is 28.7. The predicted octanol–water partition coefficient (Wildman–Crippen LogP) is -0.798. The first-order valence-electron chi connectivity index (χ1n) is 4.10. The monoisotopic (exact) mass is 280 g/mol. The van der Waals surface area contributed by atoms with Crippen LogP contribution in [0.15, 0.2) is 0 Å². The molecule has 0 heterocycles. The van der Waals surface area contributed by atoms with E-state index < -0.39 is 34.3 Å². The molecular formula is C5H14O9P2. The van der Waals surface area contributed by atoms with Crippen LogP contribution in [0, 0.1) is 5.92 Å². The Labute approximate surface area is 91.5 Å². The van der Waals surface area contributed by atoms with Gasteiger partial charge in [-0.15, -0.1) is 0 Å². The van der Waals surface area contributed by atoms with E-state index >= 15 is 0 Å². The van der Waals surface area contributed by atoms with Gasteiger partial charge in [0.2, 0.25) is 0 Å². The summed E-state index contributed by atoms with van der Waals surface area (Å²) in [5.74, 6) is -0.616. The van der Waals surface area contributed by atoms with E-state index in [0.29, 0.717) is 0 Å². The highest BCUT2D eigenvalue weighted by Crippen LogP contribution is 2.57. The molecule has 9 nitrogen and oxygen atoms in total. The summed E-state index contributed by atoms with van der Waals surface area (Å²) in [5.41, 5.74) is 0. The summed E-state index contributed by atoms with van der Waals surface area (Å²) in [6.07, 6.45) is -1.26. The minimum absolute atomic E-state index is 0.375. The molecule has 5 N–H and O–H groups in total. The Hall–Kier alpha value is 0.180. The minimum Gasteiger partial charge on any atom is -0.396 e. The molecule has 0 aliphatic rings. The number of rotatable bonds is 7. The zero-order valence-corrected chi connectivity index (χ0v) is 10.1. The highest BCUT2D eigenvalue weighted by atomic mass is 31.3. The van der Waals surface area contributed by atoms with Crippen LogP contribution in [-0.4, -0.2) is 44.2 Å². The number of aliphatic hydroxyl groups is 2. The van der Waals surface area contributed by atoms with Crippen molar-refractivity contribution in [1.29, 1.82) is 0 Å². The maximum Gasteiger partial charge on any atom is 0.481 e. The minimum atomic E-state index is -5.15. The van der Waals surface area contributed by atoms with Crippen LogP contribution < -0.4 is 0 Å². The normalized spacial score (nSPS) is 20.1. The van der Waals surface area contributed by atoms with E-state index in [9.17, 15) is 14.2 Å². The molecule has 0 aliphatic carbocycles. The Morgan fingerprint density at radius 3 is 2.12 bits per heavy atom. The van der Waals surface area contributed by atoms with Crippen LogP contribution in [0.2, 0.25) is 0 Å². The molecule has 0 rings (SSSR count). The van der Waals surface area contributed by atoms with Gasteiger partial charge in [-0.3, -0.25) is 4.52 Å². The van der Waals surface area contributed by atoms with Crippen LogP contribution in [-0.2, 0) is 18.0 Å². The quantitative estimate of drug-likeness (QED) is 0.377. The van der Waals surface area contributed by atoms with Crippen molar-refractivity contribution in [2.45, 2.75) is 13.0 Å². The standard InChI is InChI=1S/C5H14O9P2/c1-4(2-6)5(7)3-13-16(11,12)14-15(8,9)10/h4-7H,2-3H2,1H3,(H,11,12)(H2,8,9,10)/t4?,5-/m0/s1. The molecule has 0 fully saturated rings. The second-order valence-corrected chi connectivity index (χ2v) is 5.89. The maximum absolute atomic E-state index is 10.9. The molecule has 0 bridgehead atoms. The molecule has 2 unspecified atom stereocenters. The van der Waals surface area contributed by atoms with Crippen LogP contribution in [0.1, 0.15) is 6.92 Å². The molecule has 98 valence electrons. The van der Waals surface area contributed by atoms with E-state index in [1.807, 2.05) is 0 Å². The second kappa shape index (κ2) is 6.20. The summed E-state index contributed by atoms with van der Waals surface area (Å²) in [5, 5.41) is 17.8. The average molecular weight is 280 g/mol. The SMILES string of the molecule is CC(CO)[C@@H](O)COP(=O)(O)OP(=O)(O)O. The molecule has 0 aromatic carbocycles. The average Bonchev–Trinajstić information content (AvgIpc) is 2.09. The molecule has 0 radical (unpaired) electrons. The molecule has 0 saturated heterocycles. The van der Waals surface area contributed by atoms with Crippen LogP contribution in [0.25, 0.3) is 0 Å². The van der Waals surface area contributed by atoms with Gasteiger partial charge in [0.15, 0.2) is 0 Å². The fourth-order valence-electron chi connectivity index (χ4n) is 0.614. The number of phosphoric ester groups is 1. The molecule has 0 saturated carbocycles. The second-order valence-electron chi connectivity index (χ2n) is 3.06. The van der Waals surface area contributed by atoms with Crippen molar-refractivity contribution in [3.63, 3.8) is 0 Å². The Morgan fingerprint density at radius 1 is 1.25 bits per heavy atom. The molecule has 3 atom stereocenters. The van der Waals surface area contributed by atoms with Gasteiger partial charge in [-0.1, -0.05) is 6.92 Å². The Balaban J connectivity index is 4.19. The first-order valence-corrected chi connectivity index (χ1v) is 7.13. The highest BCUT2D eigenvalue weighted by molar-refractivity contribution is 7.60. The van der Waals surface area contributed by atoms with Gasteiger partial charge < -0.3 is 24.9 Å². The van der Waals surface area contributed by atoms with Gasteiger partial charge in [0.25, 0.3) is 0 Å². The number of hydrogen-bond acceptors (Lipinski definition) is 6. The molecule has 0 spiro atoms. The first-order chi connectivity index (χ1) is 7.07. The summed E-state index contributed by atoms with van der Waals surface area (Å²) in [6.45, 7) is 0.370. The number of aliphatic hydroxyl groups excluding tert-OH is 2. The van der Waals surface area contributed by atoms with Crippen LogP contribution >= 0.6 is 15.6 Å². The Morgan fingerprint density at radius 2 is 1.75 bits per heavy atom. The Kier molecular flexibility index (Phi) is 6.27. The number of hydrogen-bond donors (Lipinski definition) is 5. The zero-order chi connectivity index (χ0) is 13.0. The lowest BCUT2D eigenvalue weighted by atomic mass is 10.1. The number of phosphoric acid groups is 2. The lowest BCUT2D eigenvalue weighted by molar-refractivity contribution is 0.0278. The lowest BCUT2D eigenvalue weighted by Gasteiger charge is -2.18. The molecule has 0 amide bonds. The molecule has 0 aromatic rings. The third kappa shape index (κ3) is 7.45. The fraction of sp³-hybridized carbons (Fsp3) is 1.00. The van der Waals surface area contributed by atoms with Gasteiger partial charge in [0.05, 0.1) is 12.7 Å². The molecule has 11 heteroatoms.